The lowest BCUT2D eigenvalue weighted by atomic mass is 10.1. The number of nitrogens with zero attached hydrogens (tertiary/aromatic N) is 3. The molecule has 0 spiro atoms. The van der Waals surface area contributed by atoms with Gasteiger partial charge in [0.15, 0.2) is 17.5 Å². The van der Waals surface area contributed by atoms with Crippen LogP contribution in [-0.4, -0.2) is 68.5 Å². The van der Waals surface area contributed by atoms with E-state index in [2.05, 4.69) is 15.2 Å². The van der Waals surface area contributed by atoms with Crippen molar-refractivity contribution in [2.75, 3.05) is 46.6 Å². The van der Waals surface area contributed by atoms with Gasteiger partial charge < -0.3 is 19.7 Å². The maximum absolute atomic E-state index is 12.3. The van der Waals surface area contributed by atoms with Crippen molar-refractivity contribution in [2.24, 2.45) is 4.99 Å². The maximum Gasteiger partial charge on any atom is 0.390 e. The average Bonchev–Trinajstić information content (AvgIpc) is 3.06. The highest BCUT2D eigenvalue weighted by molar-refractivity contribution is 5.79. The quantitative estimate of drug-likeness (QED) is 0.648. The molecule has 1 aromatic carbocycles. The smallest absolute Gasteiger partial charge is 0.390 e. The maximum atomic E-state index is 12.3. The number of fused-ring (bicyclic) bond motifs is 1. The first-order chi connectivity index (χ1) is 12.4. The lowest BCUT2D eigenvalue weighted by Crippen LogP contribution is -2.52. The molecular weight excluding hydrogens is 349 g/mol. The van der Waals surface area contributed by atoms with E-state index >= 15 is 0 Å². The van der Waals surface area contributed by atoms with Crippen LogP contribution in [0.3, 0.4) is 0 Å². The van der Waals surface area contributed by atoms with E-state index in [-0.39, 0.29) is 13.3 Å². The van der Waals surface area contributed by atoms with Gasteiger partial charge in [0.25, 0.3) is 0 Å². The van der Waals surface area contributed by atoms with Gasteiger partial charge >= 0.3 is 6.18 Å². The fourth-order valence-corrected chi connectivity index (χ4v) is 3.06. The highest BCUT2D eigenvalue weighted by atomic mass is 19.4. The van der Waals surface area contributed by atoms with Crippen LogP contribution in [0.1, 0.15) is 12.0 Å². The normalized spacial score (nSPS) is 18.3. The van der Waals surface area contributed by atoms with Crippen LogP contribution < -0.4 is 14.8 Å². The third-order valence-electron chi connectivity index (χ3n) is 4.42. The number of hydrogen-bond acceptors (Lipinski definition) is 4. The first kappa shape index (κ1) is 18.6. The number of nitrogens with one attached hydrogen (secondary N) is 1. The predicted octanol–water partition coefficient (Wildman–Crippen LogP) is 2.06. The monoisotopic (exact) mass is 372 g/mol. The summed E-state index contributed by atoms with van der Waals surface area (Å²) in [5.74, 6) is 2.07. The summed E-state index contributed by atoms with van der Waals surface area (Å²) in [6, 6.07) is 5.93. The number of piperazine rings is 1. The Morgan fingerprint density at radius 3 is 2.58 bits per heavy atom. The van der Waals surface area contributed by atoms with Gasteiger partial charge in [0.1, 0.15) is 0 Å². The first-order valence-electron chi connectivity index (χ1n) is 8.58. The molecular formula is C17H23F3N4O2. The van der Waals surface area contributed by atoms with Crippen LogP contribution in [0, 0.1) is 0 Å². The van der Waals surface area contributed by atoms with E-state index in [9.17, 15) is 13.2 Å². The summed E-state index contributed by atoms with van der Waals surface area (Å²) in [7, 11) is 1.59. The van der Waals surface area contributed by atoms with Gasteiger partial charge in [-0.05, 0) is 17.7 Å². The van der Waals surface area contributed by atoms with Gasteiger partial charge in [-0.15, -0.1) is 0 Å². The van der Waals surface area contributed by atoms with Crippen molar-refractivity contribution in [3.05, 3.63) is 23.8 Å². The standard InChI is InChI=1S/C17H23F3N4O2/c1-21-16(22-5-4-17(18,19)20)24-8-6-23(7-9-24)11-13-2-3-14-15(10-13)26-12-25-14/h2-3,10H,4-9,11-12H2,1H3,(H,21,22). The van der Waals surface area contributed by atoms with Crippen LogP contribution in [0.4, 0.5) is 13.2 Å². The SMILES string of the molecule is CN=C(NCCC(F)(F)F)N1CCN(Cc2ccc3c(c2)OCO3)CC1. The minimum Gasteiger partial charge on any atom is -0.454 e. The number of aliphatic imine (C=N–C) groups is 1. The van der Waals surface area contributed by atoms with Crippen LogP contribution in [0.25, 0.3) is 0 Å². The number of ether oxygens (including phenoxy) is 2. The van der Waals surface area contributed by atoms with Crippen LogP contribution in [0.5, 0.6) is 11.5 Å². The topological polar surface area (TPSA) is 49.3 Å². The van der Waals surface area contributed by atoms with E-state index in [0.29, 0.717) is 5.96 Å². The number of guanidine groups is 1. The second-order valence-corrected chi connectivity index (χ2v) is 6.29. The minimum absolute atomic E-state index is 0.159. The lowest BCUT2D eigenvalue weighted by Gasteiger charge is -2.36. The van der Waals surface area contributed by atoms with Gasteiger partial charge in [-0.1, -0.05) is 6.07 Å². The van der Waals surface area contributed by atoms with E-state index in [1.54, 1.807) is 7.05 Å². The fourth-order valence-electron chi connectivity index (χ4n) is 3.06. The summed E-state index contributed by atoms with van der Waals surface area (Å²) >= 11 is 0. The molecule has 0 amide bonds. The van der Waals surface area contributed by atoms with Gasteiger partial charge in [0.2, 0.25) is 6.79 Å². The van der Waals surface area contributed by atoms with Crippen LogP contribution in [-0.2, 0) is 6.54 Å². The molecule has 0 saturated carbocycles. The molecule has 6 nitrogen and oxygen atoms in total. The molecule has 0 bridgehead atoms. The first-order valence-corrected chi connectivity index (χ1v) is 8.58. The molecule has 9 heteroatoms. The Bertz CT molecular complexity index is 643. The molecule has 1 N–H and O–H groups in total. The Labute approximate surface area is 150 Å². The number of rotatable bonds is 4. The molecule has 1 saturated heterocycles. The third-order valence-corrected chi connectivity index (χ3v) is 4.42. The van der Waals surface area contributed by atoms with E-state index in [4.69, 9.17) is 9.47 Å². The number of hydrogen-bond donors (Lipinski definition) is 1. The molecule has 2 aliphatic heterocycles. The molecule has 3 rings (SSSR count). The second-order valence-electron chi connectivity index (χ2n) is 6.29. The Morgan fingerprint density at radius 1 is 1.15 bits per heavy atom. The molecule has 2 heterocycles. The average molecular weight is 372 g/mol. The zero-order valence-electron chi connectivity index (χ0n) is 14.7. The Hall–Kier alpha value is -2.16. The van der Waals surface area contributed by atoms with E-state index in [0.717, 1.165) is 49.8 Å². The van der Waals surface area contributed by atoms with Gasteiger partial charge in [0.05, 0.1) is 6.42 Å². The Balaban J connectivity index is 1.46. The number of benzene rings is 1. The van der Waals surface area contributed by atoms with Gasteiger partial charge in [0, 0.05) is 46.3 Å². The van der Waals surface area contributed by atoms with Crippen molar-refractivity contribution in [3.63, 3.8) is 0 Å². The van der Waals surface area contributed by atoms with Crippen LogP contribution in [0.2, 0.25) is 0 Å². The minimum atomic E-state index is -4.16. The largest absolute Gasteiger partial charge is 0.454 e. The summed E-state index contributed by atoms with van der Waals surface area (Å²) in [5.41, 5.74) is 1.15. The summed E-state index contributed by atoms with van der Waals surface area (Å²) in [6.07, 6.45) is -5.02. The van der Waals surface area contributed by atoms with E-state index < -0.39 is 12.6 Å². The van der Waals surface area contributed by atoms with Gasteiger partial charge in [-0.25, -0.2) is 0 Å². The van der Waals surface area contributed by atoms with Crippen molar-refractivity contribution in [1.29, 1.82) is 0 Å². The van der Waals surface area contributed by atoms with Crippen molar-refractivity contribution in [3.8, 4) is 11.5 Å². The molecule has 0 unspecified atom stereocenters. The molecule has 144 valence electrons. The lowest BCUT2D eigenvalue weighted by molar-refractivity contribution is -0.132. The molecule has 0 aromatic heterocycles. The highest BCUT2D eigenvalue weighted by Gasteiger charge is 2.27. The molecule has 26 heavy (non-hydrogen) atoms. The molecule has 1 fully saturated rings. The summed E-state index contributed by atoms with van der Waals surface area (Å²) in [6.45, 7) is 3.96. The Morgan fingerprint density at radius 2 is 1.88 bits per heavy atom. The second kappa shape index (κ2) is 8.03. The van der Waals surface area contributed by atoms with E-state index in [1.165, 1.54) is 0 Å². The summed E-state index contributed by atoms with van der Waals surface area (Å²) < 4.78 is 47.5. The zero-order valence-corrected chi connectivity index (χ0v) is 14.7. The van der Waals surface area contributed by atoms with E-state index in [1.807, 2.05) is 23.1 Å². The highest BCUT2D eigenvalue weighted by Crippen LogP contribution is 2.32. The Kier molecular flexibility index (Phi) is 5.75. The molecule has 1 aromatic rings. The van der Waals surface area contributed by atoms with Crippen LogP contribution >= 0.6 is 0 Å². The van der Waals surface area contributed by atoms with Gasteiger partial charge in [-0.2, -0.15) is 13.2 Å². The fraction of sp³-hybridized carbons (Fsp3) is 0.588. The predicted molar refractivity (Wildman–Crippen MR) is 91.4 cm³/mol. The van der Waals surface area contributed by atoms with Crippen molar-refractivity contribution < 1.29 is 22.6 Å². The molecule has 0 aliphatic carbocycles. The van der Waals surface area contributed by atoms with Crippen molar-refractivity contribution >= 4 is 5.96 Å². The summed E-state index contributed by atoms with van der Waals surface area (Å²) in [5, 5.41) is 2.80. The van der Waals surface area contributed by atoms with Crippen molar-refractivity contribution in [2.45, 2.75) is 19.1 Å². The molecule has 0 radical (unpaired) electrons. The van der Waals surface area contributed by atoms with Gasteiger partial charge in [-0.3, -0.25) is 9.89 Å². The third kappa shape index (κ3) is 4.94. The molecule has 0 atom stereocenters. The number of alkyl halides is 3. The molecule has 2 aliphatic rings. The number of halogens is 3. The zero-order chi connectivity index (χ0) is 18.6. The van der Waals surface area contributed by atoms with Crippen LogP contribution in [0.15, 0.2) is 23.2 Å². The summed E-state index contributed by atoms with van der Waals surface area (Å²) in [4.78, 5) is 8.39. The van der Waals surface area contributed by atoms with Crippen molar-refractivity contribution in [1.82, 2.24) is 15.1 Å².